The zero-order chi connectivity index (χ0) is 13.9. The molecule has 0 aromatic carbocycles. The lowest BCUT2D eigenvalue weighted by molar-refractivity contribution is -0.123. The molecule has 3 N–H and O–H groups in total. The van der Waals surface area contributed by atoms with Crippen LogP contribution in [0.25, 0.3) is 0 Å². The van der Waals surface area contributed by atoms with Crippen molar-refractivity contribution in [3.05, 3.63) is 0 Å². The first kappa shape index (κ1) is 14.3. The van der Waals surface area contributed by atoms with Gasteiger partial charge in [0.05, 0.1) is 12.0 Å². The van der Waals surface area contributed by atoms with Gasteiger partial charge in [0, 0.05) is 19.1 Å². The number of carbonyl (C=O) groups excluding carboxylic acids is 1. The molecule has 0 spiro atoms. The second-order valence-corrected chi connectivity index (χ2v) is 6.15. The molecule has 19 heavy (non-hydrogen) atoms. The molecule has 2 fully saturated rings. The van der Waals surface area contributed by atoms with E-state index in [1.165, 1.54) is 12.8 Å². The normalized spacial score (nSPS) is 27.5. The maximum atomic E-state index is 11.2. The van der Waals surface area contributed by atoms with Gasteiger partial charge >= 0.3 is 0 Å². The van der Waals surface area contributed by atoms with Crippen LogP contribution in [0.3, 0.4) is 0 Å². The van der Waals surface area contributed by atoms with Crippen LogP contribution in [0.1, 0.15) is 39.0 Å². The Bertz CT molecular complexity index is 374. The second kappa shape index (κ2) is 5.89. The van der Waals surface area contributed by atoms with Crippen molar-refractivity contribution < 1.29 is 4.79 Å². The highest BCUT2D eigenvalue weighted by molar-refractivity contribution is 5.76. The average Bonchev–Trinajstić information content (AvgIpc) is 3.20. The summed E-state index contributed by atoms with van der Waals surface area (Å²) in [6.45, 7) is 4.59. The molecule has 1 heterocycles. The number of rotatable bonds is 6. The summed E-state index contributed by atoms with van der Waals surface area (Å²) in [4.78, 5) is 13.5. The quantitative estimate of drug-likeness (QED) is 0.736. The smallest absolute Gasteiger partial charge is 0.221 e. The van der Waals surface area contributed by atoms with E-state index in [9.17, 15) is 10.1 Å². The van der Waals surface area contributed by atoms with Gasteiger partial charge in [-0.2, -0.15) is 5.26 Å². The maximum absolute atomic E-state index is 11.2. The van der Waals surface area contributed by atoms with Gasteiger partial charge in [0.2, 0.25) is 5.91 Å². The topological polar surface area (TPSA) is 82.2 Å². The molecule has 2 rings (SSSR count). The highest BCUT2D eigenvalue weighted by atomic mass is 16.1. The Balaban J connectivity index is 1.80. The lowest BCUT2D eigenvalue weighted by Gasteiger charge is -2.33. The Kier molecular flexibility index (Phi) is 4.43. The number of nitrogens with two attached hydrogens (primary N) is 1. The van der Waals surface area contributed by atoms with Crippen LogP contribution in [0, 0.1) is 17.2 Å². The third-order valence-electron chi connectivity index (χ3n) is 4.18. The van der Waals surface area contributed by atoms with Crippen molar-refractivity contribution in [3.8, 4) is 6.07 Å². The summed E-state index contributed by atoms with van der Waals surface area (Å²) in [5, 5.41) is 12.7. The van der Waals surface area contributed by atoms with E-state index in [0.717, 1.165) is 38.9 Å². The number of likely N-dealkylation sites (tertiary alicyclic amines) is 1. The van der Waals surface area contributed by atoms with Crippen molar-refractivity contribution in [2.45, 2.75) is 50.6 Å². The zero-order valence-corrected chi connectivity index (χ0v) is 11.7. The molecule has 1 saturated carbocycles. The van der Waals surface area contributed by atoms with Crippen LogP contribution in [0.4, 0.5) is 0 Å². The summed E-state index contributed by atoms with van der Waals surface area (Å²) in [7, 11) is 0. The van der Waals surface area contributed by atoms with Gasteiger partial charge in [-0.15, -0.1) is 0 Å². The van der Waals surface area contributed by atoms with Gasteiger partial charge in [-0.1, -0.05) is 0 Å². The number of amides is 1. The van der Waals surface area contributed by atoms with Crippen LogP contribution in [0.15, 0.2) is 0 Å². The summed E-state index contributed by atoms with van der Waals surface area (Å²) in [6, 6.07) is 2.93. The number of nitriles is 1. The van der Waals surface area contributed by atoms with E-state index in [0.29, 0.717) is 6.04 Å². The summed E-state index contributed by atoms with van der Waals surface area (Å²) < 4.78 is 0. The first-order valence-corrected chi connectivity index (χ1v) is 7.23. The van der Waals surface area contributed by atoms with Gasteiger partial charge in [-0.3, -0.25) is 10.1 Å². The third kappa shape index (κ3) is 4.19. The van der Waals surface area contributed by atoms with E-state index >= 15 is 0 Å². The summed E-state index contributed by atoms with van der Waals surface area (Å²) >= 11 is 0. The Morgan fingerprint density at radius 1 is 1.53 bits per heavy atom. The van der Waals surface area contributed by atoms with Gasteiger partial charge in [-0.05, 0) is 45.6 Å². The number of piperidine rings is 1. The van der Waals surface area contributed by atoms with E-state index in [1.807, 2.05) is 6.92 Å². The van der Waals surface area contributed by atoms with E-state index in [1.54, 1.807) is 0 Å². The van der Waals surface area contributed by atoms with Crippen molar-refractivity contribution in [1.29, 1.82) is 5.26 Å². The van der Waals surface area contributed by atoms with Crippen LogP contribution >= 0.6 is 0 Å². The predicted octanol–water partition coefficient (Wildman–Crippen LogP) is 0.608. The molecule has 0 aromatic heterocycles. The lowest BCUT2D eigenvalue weighted by Crippen LogP contribution is -2.47. The third-order valence-corrected chi connectivity index (χ3v) is 4.18. The molecule has 106 valence electrons. The number of hydrogen-bond acceptors (Lipinski definition) is 4. The minimum Gasteiger partial charge on any atom is -0.369 e. The van der Waals surface area contributed by atoms with E-state index in [4.69, 9.17) is 5.73 Å². The van der Waals surface area contributed by atoms with Gasteiger partial charge < -0.3 is 10.6 Å². The van der Waals surface area contributed by atoms with Crippen LogP contribution < -0.4 is 11.1 Å². The largest absolute Gasteiger partial charge is 0.369 e. The van der Waals surface area contributed by atoms with E-state index in [2.05, 4.69) is 16.3 Å². The predicted molar refractivity (Wildman–Crippen MR) is 73.2 cm³/mol. The number of nitrogens with zero attached hydrogens (tertiary/aromatic N) is 2. The zero-order valence-electron chi connectivity index (χ0n) is 11.7. The highest BCUT2D eigenvalue weighted by Crippen LogP contribution is 2.24. The number of primary amides is 1. The molecule has 0 bridgehead atoms. The van der Waals surface area contributed by atoms with Crippen molar-refractivity contribution >= 4 is 5.91 Å². The fraction of sp³-hybridized carbons (Fsp3) is 0.857. The molecule has 2 atom stereocenters. The van der Waals surface area contributed by atoms with Crippen molar-refractivity contribution in [2.24, 2.45) is 11.7 Å². The van der Waals surface area contributed by atoms with Crippen molar-refractivity contribution in [2.75, 3.05) is 19.6 Å². The van der Waals surface area contributed by atoms with E-state index < -0.39 is 5.54 Å². The lowest BCUT2D eigenvalue weighted by atomic mass is 9.95. The van der Waals surface area contributed by atoms with Crippen LogP contribution in [0.2, 0.25) is 0 Å². The highest BCUT2D eigenvalue weighted by Gasteiger charge is 2.33. The molecule has 1 aliphatic carbocycles. The second-order valence-electron chi connectivity index (χ2n) is 6.15. The Morgan fingerprint density at radius 3 is 2.84 bits per heavy atom. The van der Waals surface area contributed by atoms with Crippen LogP contribution in [-0.2, 0) is 4.79 Å². The average molecular weight is 264 g/mol. The van der Waals surface area contributed by atoms with Crippen molar-refractivity contribution in [3.63, 3.8) is 0 Å². The SMILES string of the molecule is CC(C#N)(CCN1CCCC(C(N)=O)C1)NC1CC1. The molecular formula is C14H24N4O. The van der Waals surface area contributed by atoms with Crippen molar-refractivity contribution in [1.82, 2.24) is 10.2 Å². The molecule has 1 aliphatic heterocycles. The number of nitrogens with one attached hydrogen (secondary N) is 1. The maximum Gasteiger partial charge on any atom is 0.221 e. The molecule has 2 unspecified atom stereocenters. The van der Waals surface area contributed by atoms with Gasteiger partial charge in [0.1, 0.15) is 5.54 Å². The minimum atomic E-state index is -0.444. The molecule has 0 radical (unpaired) electrons. The van der Waals surface area contributed by atoms with E-state index in [-0.39, 0.29) is 11.8 Å². The van der Waals surface area contributed by atoms with Gasteiger partial charge in [0.25, 0.3) is 0 Å². The Hall–Kier alpha value is -1.12. The molecule has 5 nitrogen and oxygen atoms in total. The standard InChI is InChI=1S/C14H24N4O/c1-14(10-15,17-12-4-5-12)6-8-18-7-2-3-11(9-18)13(16)19/h11-12,17H,2-9H2,1H3,(H2,16,19). The Labute approximate surface area is 115 Å². The van der Waals surface area contributed by atoms with Crippen LogP contribution in [-0.4, -0.2) is 42.0 Å². The summed E-state index contributed by atoms with van der Waals surface area (Å²) in [6.07, 6.45) is 5.09. The Morgan fingerprint density at radius 2 is 2.26 bits per heavy atom. The molecule has 5 heteroatoms. The molecule has 1 saturated heterocycles. The minimum absolute atomic E-state index is 0.0153. The van der Waals surface area contributed by atoms with Crippen LogP contribution in [0.5, 0.6) is 0 Å². The van der Waals surface area contributed by atoms with Gasteiger partial charge in [0.15, 0.2) is 0 Å². The number of carbonyl (C=O) groups is 1. The summed E-state index contributed by atoms with van der Waals surface area (Å²) in [5.74, 6) is -0.206. The fourth-order valence-corrected chi connectivity index (χ4v) is 2.71. The first-order chi connectivity index (χ1) is 9.02. The molecule has 1 amide bonds. The first-order valence-electron chi connectivity index (χ1n) is 7.23. The van der Waals surface area contributed by atoms with Gasteiger partial charge in [-0.25, -0.2) is 0 Å². The molecular weight excluding hydrogens is 240 g/mol. The molecule has 2 aliphatic rings. The summed E-state index contributed by atoms with van der Waals surface area (Å²) in [5.41, 5.74) is 4.94. The monoisotopic (exact) mass is 264 g/mol. The fourth-order valence-electron chi connectivity index (χ4n) is 2.71. The number of hydrogen-bond donors (Lipinski definition) is 2. The molecule has 0 aromatic rings.